The van der Waals surface area contributed by atoms with Crippen molar-refractivity contribution in [1.82, 2.24) is 20.1 Å². The van der Waals surface area contributed by atoms with Crippen LogP contribution in [-0.4, -0.2) is 58.0 Å². The van der Waals surface area contributed by atoms with Gasteiger partial charge in [0.05, 0.1) is 19.4 Å². The summed E-state index contributed by atoms with van der Waals surface area (Å²) in [6.07, 6.45) is 5.21. The van der Waals surface area contributed by atoms with Gasteiger partial charge < -0.3 is 14.4 Å². The number of likely N-dealkylation sites (tertiary alicyclic amines) is 1. The Labute approximate surface area is 150 Å². The van der Waals surface area contributed by atoms with Gasteiger partial charge in [0.2, 0.25) is 17.7 Å². The fourth-order valence-electron chi connectivity index (χ4n) is 2.58. The lowest BCUT2D eigenvalue weighted by Crippen LogP contribution is -2.45. The third-order valence-electron chi connectivity index (χ3n) is 3.86. The van der Waals surface area contributed by atoms with Gasteiger partial charge >= 0.3 is 0 Å². The Morgan fingerprint density at radius 1 is 1.24 bits per heavy atom. The summed E-state index contributed by atoms with van der Waals surface area (Å²) in [6.45, 7) is 1.34. The van der Waals surface area contributed by atoms with Crippen molar-refractivity contribution in [3.05, 3.63) is 36.7 Å². The van der Waals surface area contributed by atoms with Gasteiger partial charge in [0.15, 0.2) is 0 Å². The zero-order valence-corrected chi connectivity index (χ0v) is 14.8. The second-order valence-corrected chi connectivity index (χ2v) is 6.66. The third kappa shape index (κ3) is 5.06. The number of pyridine rings is 1. The van der Waals surface area contributed by atoms with Crippen molar-refractivity contribution in [2.45, 2.75) is 23.8 Å². The number of hydrogen-bond donors (Lipinski definition) is 0. The first-order valence-corrected chi connectivity index (χ1v) is 9.08. The van der Waals surface area contributed by atoms with E-state index in [9.17, 15) is 4.79 Å². The molecular weight excluding hydrogens is 340 g/mol. The number of carbonyl (C=O) groups is 1. The predicted molar refractivity (Wildman–Crippen MR) is 93.8 cm³/mol. The minimum Gasteiger partial charge on any atom is -0.480 e. The maximum atomic E-state index is 12.4. The summed E-state index contributed by atoms with van der Waals surface area (Å²) in [6, 6.07) is 7.25. The third-order valence-corrected chi connectivity index (χ3v) is 4.85. The van der Waals surface area contributed by atoms with Crippen LogP contribution in [0, 0.1) is 0 Å². The fraction of sp³-hybridized carbons (Fsp3) is 0.412. The van der Waals surface area contributed by atoms with E-state index in [0.717, 1.165) is 24.3 Å². The molecule has 2 aromatic rings. The molecule has 132 valence electrons. The molecule has 2 aromatic heterocycles. The first-order chi connectivity index (χ1) is 12.2. The molecule has 1 aliphatic heterocycles. The molecule has 1 aliphatic rings. The molecule has 0 spiro atoms. The van der Waals surface area contributed by atoms with E-state index < -0.39 is 0 Å². The summed E-state index contributed by atoms with van der Waals surface area (Å²) >= 11 is 1.52. The van der Waals surface area contributed by atoms with Crippen LogP contribution in [0.2, 0.25) is 0 Å². The summed E-state index contributed by atoms with van der Waals surface area (Å²) in [5.74, 6) is 1.43. The van der Waals surface area contributed by atoms with Gasteiger partial charge in [-0.1, -0.05) is 0 Å². The van der Waals surface area contributed by atoms with Crippen LogP contribution in [0.15, 0.2) is 41.6 Å². The Hall–Kier alpha value is -2.35. The largest absolute Gasteiger partial charge is 0.480 e. The van der Waals surface area contributed by atoms with Gasteiger partial charge in [-0.25, -0.2) is 0 Å². The molecule has 0 aromatic carbocycles. The van der Waals surface area contributed by atoms with Gasteiger partial charge in [-0.05, 0) is 25.0 Å². The highest BCUT2D eigenvalue weighted by Gasteiger charge is 2.25. The normalized spacial score (nSPS) is 17.2. The molecule has 1 fully saturated rings. The van der Waals surface area contributed by atoms with Gasteiger partial charge in [0.25, 0.3) is 0 Å². The number of piperidine rings is 1. The molecule has 7 nitrogen and oxygen atoms in total. The lowest BCUT2D eigenvalue weighted by molar-refractivity contribution is -0.130. The minimum atomic E-state index is -0.0636. The van der Waals surface area contributed by atoms with E-state index in [1.165, 1.54) is 11.8 Å². The highest BCUT2D eigenvalue weighted by atomic mass is 32.2. The molecule has 0 radical (unpaired) electrons. The summed E-state index contributed by atoms with van der Waals surface area (Å²) in [5, 5.41) is 7.87. The Morgan fingerprint density at radius 3 is 2.72 bits per heavy atom. The number of carbonyl (C=O) groups excluding carboxylic acids is 1. The van der Waals surface area contributed by atoms with E-state index in [1.807, 2.05) is 17.0 Å². The number of methoxy groups -OCH3 is 1. The van der Waals surface area contributed by atoms with Crippen LogP contribution >= 0.6 is 11.8 Å². The van der Waals surface area contributed by atoms with E-state index in [0.29, 0.717) is 24.1 Å². The highest BCUT2D eigenvalue weighted by molar-refractivity contribution is 8.00. The number of aromatic nitrogens is 3. The average Bonchev–Trinajstić information content (AvgIpc) is 2.68. The summed E-state index contributed by atoms with van der Waals surface area (Å²) in [5.41, 5.74) is 0. The number of thioether (sulfide) groups is 1. The van der Waals surface area contributed by atoms with Crippen molar-refractivity contribution in [2.24, 2.45) is 0 Å². The average molecular weight is 360 g/mol. The maximum absolute atomic E-state index is 12.4. The number of amides is 1. The minimum absolute atomic E-state index is 0.0636. The Morgan fingerprint density at radius 2 is 2.00 bits per heavy atom. The Kier molecular flexibility index (Phi) is 6.05. The van der Waals surface area contributed by atoms with Crippen LogP contribution in [0.1, 0.15) is 12.8 Å². The molecular formula is C17H20N4O3S. The number of rotatable bonds is 6. The molecule has 3 rings (SSSR count). The van der Waals surface area contributed by atoms with Crippen molar-refractivity contribution < 1.29 is 14.3 Å². The van der Waals surface area contributed by atoms with Crippen molar-refractivity contribution in [3.8, 4) is 11.8 Å². The van der Waals surface area contributed by atoms with Gasteiger partial charge in [-0.15, -0.1) is 22.0 Å². The maximum Gasteiger partial charge on any atom is 0.233 e. The molecule has 1 amide bonds. The first-order valence-electron chi connectivity index (χ1n) is 8.09. The molecule has 25 heavy (non-hydrogen) atoms. The topological polar surface area (TPSA) is 77.4 Å². The van der Waals surface area contributed by atoms with E-state index in [4.69, 9.17) is 9.47 Å². The SMILES string of the molecule is COc1ccc(OC2CCCN(C(=O)CSc3ccncc3)C2)nn1. The zero-order chi connectivity index (χ0) is 17.5. The zero-order valence-electron chi connectivity index (χ0n) is 14.0. The van der Waals surface area contributed by atoms with E-state index in [-0.39, 0.29) is 12.0 Å². The Balaban J connectivity index is 1.50. The van der Waals surface area contributed by atoms with Crippen LogP contribution in [0.5, 0.6) is 11.8 Å². The second kappa shape index (κ2) is 8.66. The lowest BCUT2D eigenvalue weighted by Gasteiger charge is -2.32. The standard InChI is InChI=1S/C17H20N4O3S/c1-23-15-4-5-16(20-19-15)24-13-3-2-10-21(11-13)17(22)12-25-14-6-8-18-9-7-14/h4-9,13H,2-3,10-12H2,1H3. The molecule has 8 heteroatoms. The van der Waals surface area contributed by atoms with Crippen molar-refractivity contribution in [1.29, 1.82) is 0 Å². The van der Waals surface area contributed by atoms with Crippen molar-refractivity contribution in [3.63, 3.8) is 0 Å². The van der Waals surface area contributed by atoms with Crippen molar-refractivity contribution >= 4 is 17.7 Å². The fourth-order valence-corrected chi connectivity index (χ4v) is 3.37. The first kappa shape index (κ1) is 17.5. The quantitative estimate of drug-likeness (QED) is 0.730. The molecule has 1 atom stereocenters. The summed E-state index contributed by atoms with van der Waals surface area (Å²) in [4.78, 5) is 19.3. The number of nitrogens with zero attached hydrogens (tertiary/aromatic N) is 4. The summed E-state index contributed by atoms with van der Waals surface area (Å²) < 4.78 is 10.8. The van der Waals surface area contributed by atoms with Crippen LogP contribution in [0.3, 0.4) is 0 Å². The van der Waals surface area contributed by atoms with E-state index >= 15 is 0 Å². The van der Waals surface area contributed by atoms with E-state index in [1.54, 1.807) is 31.6 Å². The predicted octanol–water partition coefficient (Wildman–Crippen LogP) is 2.04. The van der Waals surface area contributed by atoms with Crippen LogP contribution < -0.4 is 9.47 Å². The van der Waals surface area contributed by atoms with Gasteiger partial charge in [0.1, 0.15) is 6.10 Å². The molecule has 0 N–H and O–H groups in total. The molecule has 0 saturated carbocycles. The highest BCUT2D eigenvalue weighted by Crippen LogP contribution is 2.20. The Bertz CT molecular complexity index is 684. The number of ether oxygens (including phenoxy) is 2. The van der Waals surface area contributed by atoms with Crippen LogP contribution in [0.25, 0.3) is 0 Å². The van der Waals surface area contributed by atoms with Crippen molar-refractivity contribution in [2.75, 3.05) is 26.0 Å². The second-order valence-electron chi connectivity index (χ2n) is 5.61. The van der Waals surface area contributed by atoms with E-state index in [2.05, 4.69) is 15.2 Å². The molecule has 0 aliphatic carbocycles. The van der Waals surface area contributed by atoms with Gasteiger partial charge in [-0.3, -0.25) is 9.78 Å². The van der Waals surface area contributed by atoms with Gasteiger partial charge in [0, 0.05) is 36.0 Å². The smallest absolute Gasteiger partial charge is 0.233 e. The molecule has 1 unspecified atom stereocenters. The van der Waals surface area contributed by atoms with Crippen LogP contribution in [-0.2, 0) is 4.79 Å². The lowest BCUT2D eigenvalue weighted by atomic mass is 10.1. The monoisotopic (exact) mass is 360 g/mol. The van der Waals surface area contributed by atoms with Gasteiger partial charge in [-0.2, -0.15) is 0 Å². The summed E-state index contributed by atoms with van der Waals surface area (Å²) in [7, 11) is 1.54. The molecule has 1 saturated heterocycles. The number of hydrogen-bond acceptors (Lipinski definition) is 7. The van der Waals surface area contributed by atoms with Crippen LogP contribution in [0.4, 0.5) is 0 Å². The molecule has 0 bridgehead atoms. The molecule has 3 heterocycles.